The standard InChI is InChI=1S/C24H50O.C5H11NO2.C2H6O3S/c1-3-5-7-9-11-13-14-15-17-19-21-23-24(25)22-20-18-16-12-10-8-6-4-2;1-3(2)4(6)5(7)8;1-2-6(3,4)5/h24-25H,3-23H2,1-2H3;3-4H,6H2,1-2H3,(H,7,8);2H2,1H3,(H,3,4,5). The van der Waals surface area contributed by atoms with Crippen molar-refractivity contribution in [2.24, 2.45) is 11.7 Å². The number of unbranched alkanes of at least 4 members (excludes halogenated alkanes) is 17. The first kappa shape index (κ1) is 42.8. The summed E-state index contributed by atoms with van der Waals surface area (Å²) < 4.78 is 26.9. The smallest absolute Gasteiger partial charge is 0.320 e. The number of aliphatic carboxylic acids is 1. The van der Waals surface area contributed by atoms with Gasteiger partial charge in [0.05, 0.1) is 11.9 Å². The van der Waals surface area contributed by atoms with Crippen LogP contribution in [0.4, 0.5) is 0 Å². The quantitative estimate of drug-likeness (QED) is 0.0661. The SMILES string of the molecule is CC(C)C(N)C(=O)O.CCCCCCCCCCCCCC(O)CCCCCCCCCC.CCS(=O)(=O)O. The third kappa shape index (κ3) is 41.9. The first-order valence-electron chi connectivity index (χ1n) is 16.0. The number of hydrogen-bond acceptors (Lipinski definition) is 5. The second-order valence-electron chi connectivity index (χ2n) is 11.2. The van der Waals surface area contributed by atoms with Gasteiger partial charge in [-0.25, -0.2) is 0 Å². The largest absolute Gasteiger partial charge is 0.480 e. The molecule has 0 aliphatic carbocycles. The van der Waals surface area contributed by atoms with Gasteiger partial charge in [-0.15, -0.1) is 0 Å². The highest BCUT2D eigenvalue weighted by molar-refractivity contribution is 7.85. The molecule has 0 spiro atoms. The van der Waals surface area contributed by atoms with Crippen LogP contribution in [-0.2, 0) is 14.9 Å². The molecule has 2 atom stereocenters. The number of hydrogen-bond donors (Lipinski definition) is 4. The normalized spacial score (nSPS) is 12.7. The lowest BCUT2D eigenvalue weighted by molar-refractivity contribution is -0.139. The van der Waals surface area contributed by atoms with Crippen molar-refractivity contribution >= 4 is 16.1 Å². The Labute approximate surface area is 242 Å². The van der Waals surface area contributed by atoms with E-state index >= 15 is 0 Å². The van der Waals surface area contributed by atoms with Gasteiger partial charge in [-0.2, -0.15) is 8.42 Å². The van der Waals surface area contributed by atoms with E-state index in [9.17, 15) is 18.3 Å². The Morgan fingerprint density at radius 3 is 1.08 bits per heavy atom. The lowest BCUT2D eigenvalue weighted by atomic mass is 10.0. The second-order valence-corrected chi connectivity index (χ2v) is 13.0. The summed E-state index contributed by atoms with van der Waals surface area (Å²) in [6.45, 7) is 9.48. The average Bonchev–Trinajstić information content (AvgIpc) is 2.88. The van der Waals surface area contributed by atoms with E-state index in [-0.39, 0.29) is 17.8 Å². The highest BCUT2D eigenvalue weighted by Gasteiger charge is 2.14. The number of carbonyl (C=O) groups is 1. The molecular weight excluding hydrogens is 514 g/mol. The maximum Gasteiger partial charge on any atom is 0.320 e. The molecule has 0 aromatic carbocycles. The number of nitrogens with two attached hydrogens (primary N) is 1. The summed E-state index contributed by atoms with van der Waals surface area (Å²) in [6, 6.07) is -0.713. The zero-order valence-corrected chi connectivity index (χ0v) is 27.2. The van der Waals surface area contributed by atoms with Gasteiger partial charge in [0, 0.05) is 0 Å². The number of aliphatic hydroxyl groups is 1. The fourth-order valence-corrected chi connectivity index (χ4v) is 3.99. The van der Waals surface area contributed by atoms with E-state index in [0.717, 1.165) is 12.8 Å². The highest BCUT2D eigenvalue weighted by Crippen LogP contribution is 2.15. The molecule has 0 radical (unpaired) electrons. The lowest BCUT2D eigenvalue weighted by Gasteiger charge is -2.10. The van der Waals surface area contributed by atoms with Gasteiger partial charge in [0.25, 0.3) is 10.1 Å². The van der Waals surface area contributed by atoms with Crippen molar-refractivity contribution < 1.29 is 28.0 Å². The fraction of sp³-hybridized carbons (Fsp3) is 0.968. The van der Waals surface area contributed by atoms with Crippen LogP contribution in [0.2, 0.25) is 0 Å². The predicted molar refractivity (Wildman–Crippen MR) is 167 cm³/mol. The minimum Gasteiger partial charge on any atom is -0.480 e. The number of carboxylic acid groups (broad SMARTS) is 1. The summed E-state index contributed by atoms with van der Waals surface area (Å²) in [5.41, 5.74) is 5.16. The Balaban J connectivity index is -0.000000753. The lowest BCUT2D eigenvalue weighted by Crippen LogP contribution is -2.34. The van der Waals surface area contributed by atoms with E-state index < -0.39 is 22.1 Å². The van der Waals surface area contributed by atoms with Gasteiger partial charge >= 0.3 is 5.97 Å². The maximum atomic E-state index is 10.1. The van der Waals surface area contributed by atoms with Gasteiger partial charge in [-0.3, -0.25) is 9.35 Å². The number of carboxylic acids is 1. The Hall–Kier alpha value is -0.700. The molecule has 2 unspecified atom stereocenters. The van der Waals surface area contributed by atoms with Gasteiger partial charge < -0.3 is 15.9 Å². The summed E-state index contributed by atoms with van der Waals surface area (Å²) in [5.74, 6) is -1.11. The van der Waals surface area contributed by atoms with E-state index in [1.165, 1.54) is 129 Å². The Bertz CT molecular complexity index is 598. The molecule has 0 aromatic heterocycles. The topological polar surface area (TPSA) is 138 Å². The van der Waals surface area contributed by atoms with E-state index in [0.29, 0.717) is 0 Å². The zero-order valence-electron chi connectivity index (χ0n) is 26.3. The molecule has 0 fully saturated rings. The van der Waals surface area contributed by atoms with Gasteiger partial charge in [0.2, 0.25) is 0 Å². The number of aliphatic hydroxyl groups excluding tert-OH is 1. The molecule has 8 heteroatoms. The van der Waals surface area contributed by atoms with Gasteiger partial charge in [-0.05, 0) is 25.7 Å². The van der Waals surface area contributed by atoms with Gasteiger partial charge in [0.15, 0.2) is 0 Å². The third-order valence-corrected chi connectivity index (χ3v) is 7.63. The van der Waals surface area contributed by atoms with Crippen LogP contribution in [0.5, 0.6) is 0 Å². The Morgan fingerprint density at radius 1 is 0.641 bits per heavy atom. The van der Waals surface area contributed by atoms with Gasteiger partial charge in [0.1, 0.15) is 6.04 Å². The molecule has 5 N–H and O–H groups in total. The molecule has 0 saturated carbocycles. The highest BCUT2D eigenvalue weighted by atomic mass is 32.2. The molecule has 0 bridgehead atoms. The third-order valence-electron chi connectivity index (χ3n) is 6.90. The van der Waals surface area contributed by atoms with Crippen LogP contribution in [0.25, 0.3) is 0 Å². The molecule has 0 heterocycles. The van der Waals surface area contributed by atoms with E-state index in [2.05, 4.69) is 13.8 Å². The summed E-state index contributed by atoms with van der Waals surface area (Å²) in [6.07, 6.45) is 28.2. The van der Waals surface area contributed by atoms with Crippen LogP contribution < -0.4 is 5.73 Å². The van der Waals surface area contributed by atoms with Crippen LogP contribution in [-0.4, -0.2) is 47.1 Å². The van der Waals surface area contributed by atoms with Crippen LogP contribution >= 0.6 is 0 Å². The molecular formula is C31H67NO6S. The summed E-state index contributed by atoms with van der Waals surface area (Å²) in [5, 5.41) is 18.3. The first-order chi connectivity index (χ1) is 18.4. The minimum atomic E-state index is -3.66. The molecule has 0 saturated heterocycles. The van der Waals surface area contributed by atoms with E-state index in [1.54, 1.807) is 13.8 Å². The van der Waals surface area contributed by atoms with Crippen molar-refractivity contribution in [3.63, 3.8) is 0 Å². The molecule has 39 heavy (non-hydrogen) atoms. The molecule has 0 aliphatic rings. The average molecular weight is 582 g/mol. The van der Waals surface area contributed by atoms with Crippen molar-refractivity contribution in [1.29, 1.82) is 0 Å². The molecule has 7 nitrogen and oxygen atoms in total. The van der Waals surface area contributed by atoms with Crippen LogP contribution in [0.1, 0.15) is 169 Å². The maximum absolute atomic E-state index is 10.1. The molecule has 0 aliphatic heterocycles. The van der Waals surface area contributed by atoms with Crippen molar-refractivity contribution in [2.75, 3.05) is 5.75 Å². The summed E-state index contributed by atoms with van der Waals surface area (Å²) in [7, 11) is -3.66. The molecule has 0 rings (SSSR count). The van der Waals surface area contributed by atoms with Gasteiger partial charge in [-0.1, -0.05) is 150 Å². The van der Waals surface area contributed by atoms with E-state index in [4.69, 9.17) is 15.4 Å². The van der Waals surface area contributed by atoms with Crippen LogP contribution in [0.3, 0.4) is 0 Å². The van der Waals surface area contributed by atoms with Crippen molar-refractivity contribution in [3.05, 3.63) is 0 Å². The predicted octanol–water partition coefficient (Wildman–Crippen LogP) is 8.53. The Morgan fingerprint density at radius 2 is 0.897 bits per heavy atom. The van der Waals surface area contributed by atoms with Crippen molar-refractivity contribution in [2.45, 2.75) is 182 Å². The monoisotopic (exact) mass is 581 g/mol. The summed E-state index contributed by atoms with van der Waals surface area (Å²) >= 11 is 0. The molecule has 0 amide bonds. The molecule has 238 valence electrons. The zero-order chi connectivity index (χ0) is 30.4. The Kier molecular flexibility index (Phi) is 34.9. The van der Waals surface area contributed by atoms with Crippen molar-refractivity contribution in [1.82, 2.24) is 0 Å². The fourth-order valence-electron chi connectivity index (χ4n) is 3.99. The molecule has 0 aromatic rings. The number of rotatable bonds is 24. The summed E-state index contributed by atoms with van der Waals surface area (Å²) in [4.78, 5) is 10.0. The van der Waals surface area contributed by atoms with Crippen molar-refractivity contribution in [3.8, 4) is 0 Å². The first-order valence-corrected chi connectivity index (χ1v) is 17.6. The van der Waals surface area contributed by atoms with E-state index in [1.807, 2.05) is 0 Å². The van der Waals surface area contributed by atoms with Crippen LogP contribution in [0, 0.1) is 5.92 Å². The minimum absolute atomic E-state index is 0.0208. The second kappa shape index (κ2) is 31.8. The van der Waals surface area contributed by atoms with Crippen LogP contribution in [0.15, 0.2) is 0 Å².